The van der Waals surface area contributed by atoms with Crippen LogP contribution in [0, 0.1) is 0 Å². The zero-order valence-electron chi connectivity index (χ0n) is 11.8. The highest BCUT2D eigenvalue weighted by Gasteiger charge is 2.28. The molecular weight excluding hydrogens is 394 g/mol. The molecule has 0 fully saturated rings. The van der Waals surface area contributed by atoms with Crippen LogP contribution in [0.4, 0.5) is 0 Å². The van der Waals surface area contributed by atoms with Gasteiger partial charge in [-0.1, -0.05) is 57.0 Å². The van der Waals surface area contributed by atoms with Crippen molar-refractivity contribution in [3.63, 3.8) is 0 Å². The van der Waals surface area contributed by atoms with Crippen LogP contribution in [0.3, 0.4) is 0 Å². The van der Waals surface area contributed by atoms with Crippen LogP contribution in [-0.4, -0.2) is 6.54 Å². The van der Waals surface area contributed by atoms with Gasteiger partial charge in [0.1, 0.15) is 11.9 Å². The summed E-state index contributed by atoms with van der Waals surface area (Å²) < 4.78 is 8.37. The summed E-state index contributed by atoms with van der Waals surface area (Å²) in [5, 5.41) is 3.57. The molecule has 2 aromatic carbocycles. The standard InChI is InChI=1S/C17H17Br2NO/c1-2-20-15-10-16(11-3-5-12(18)6-4-11)21-17-9-13(19)7-8-14(15)17/h3-9,15-16,20H,2,10H2,1H3. The van der Waals surface area contributed by atoms with E-state index < -0.39 is 0 Å². The average molecular weight is 411 g/mol. The zero-order valence-corrected chi connectivity index (χ0v) is 14.9. The van der Waals surface area contributed by atoms with Crippen molar-refractivity contribution in [3.05, 3.63) is 62.5 Å². The van der Waals surface area contributed by atoms with Crippen LogP contribution < -0.4 is 10.1 Å². The summed E-state index contributed by atoms with van der Waals surface area (Å²) in [6.45, 7) is 3.09. The Morgan fingerprint density at radius 3 is 2.52 bits per heavy atom. The third kappa shape index (κ3) is 3.33. The van der Waals surface area contributed by atoms with Crippen LogP contribution in [0.15, 0.2) is 51.4 Å². The normalized spacial score (nSPS) is 20.7. The Labute approximate surface area is 142 Å². The lowest BCUT2D eigenvalue weighted by Gasteiger charge is -2.33. The van der Waals surface area contributed by atoms with Gasteiger partial charge in [-0.3, -0.25) is 0 Å². The molecule has 1 aliphatic heterocycles. The second-order valence-corrected chi connectivity index (χ2v) is 7.02. The molecule has 3 rings (SSSR count). The molecule has 0 bridgehead atoms. The van der Waals surface area contributed by atoms with E-state index in [1.54, 1.807) is 0 Å². The molecule has 1 N–H and O–H groups in total. The lowest BCUT2D eigenvalue weighted by Crippen LogP contribution is -2.29. The third-order valence-electron chi connectivity index (χ3n) is 3.76. The van der Waals surface area contributed by atoms with Gasteiger partial charge in [-0.15, -0.1) is 0 Å². The Balaban J connectivity index is 1.94. The summed E-state index contributed by atoms with van der Waals surface area (Å²) >= 11 is 7.01. The number of benzene rings is 2. The van der Waals surface area contributed by atoms with Gasteiger partial charge in [0.15, 0.2) is 0 Å². The monoisotopic (exact) mass is 409 g/mol. The van der Waals surface area contributed by atoms with Gasteiger partial charge >= 0.3 is 0 Å². The summed E-state index contributed by atoms with van der Waals surface area (Å²) in [5.41, 5.74) is 2.46. The first-order valence-corrected chi connectivity index (χ1v) is 8.71. The van der Waals surface area contributed by atoms with Gasteiger partial charge in [-0.2, -0.15) is 0 Å². The minimum Gasteiger partial charge on any atom is -0.485 e. The van der Waals surface area contributed by atoms with Crippen LogP contribution in [0.25, 0.3) is 0 Å². The van der Waals surface area contributed by atoms with Crippen LogP contribution in [0.5, 0.6) is 5.75 Å². The number of hydrogen-bond donors (Lipinski definition) is 1. The summed E-state index contributed by atoms with van der Waals surface area (Å²) in [5.74, 6) is 0.967. The number of hydrogen-bond acceptors (Lipinski definition) is 2. The van der Waals surface area contributed by atoms with Gasteiger partial charge in [0, 0.05) is 27.0 Å². The molecule has 2 atom stereocenters. The van der Waals surface area contributed by atoms with E-state index in [2.05, 4.69) is 86.6 Å². The largest absolute Gasteiger partial charge is 0.485 e. The summed E-state index contributed by atoms with van der Waals surface area (Å²) in [4.78, 5) is 0. The van der Waals surface area contributed by atoms with Crippen molar-refractivity contribution in [2.75, 3.05) is 6.54 Å². The number of ether oxygens (including phenoxy) is 1. The fourth-order valence-corrected chi connectivity index (χ4v) is 3.37. The van der Waals surface area contributed by atoms with E-state index in [1.807, 2.05) is 0 Å². The second-order valence-electron chi connectivity index (χ2n) is 5.19. The minimum atomic E-state index is 0.0870. The summed E-state index contributed by atoms with van der Waals surface area (Å²) in [6, 6.07) is 15.0. The highest BCUT2D eigenvalue weighted by molar-refractivity contribution is 9.10. The predicted octanol–water partition coefficient (Wildman–Crippen LogP) is 5.39. The molecule has 0 aromatic heterocycles. The van der Waals surface area contributed by atoms with E-state index >= 15 is 0 Å². The number of nitrogens with one attached hydrogen (secondary N) is 1. The van der Waals surface area contributed by atoms with Crippen molar-refractivity contribution in [1.29, 1.82) is 0 Å². The quantitative estimate of drug-likeness (QED) is 0.732. The van der Waals surface area contributed by atoms with Gasteiger partial charge < -0.3 is 10.1 Å². The molecule has 0 saturated carbocycles. The van der Waals surface area contributed by atoms with Crippen molar-refractivity contribution in [2.45, 2.75) is 25.5 Å². The average Bonchev–Trinajstić information content (AvgIpc) is 2.47. The van der Waals surface area contributed by atoms with Crippen molar-refractivity contribution in [1.82, 2.24) is 5.32 Å². The fourth-order valence-electron chi connectivity index (χ4n) is 2.76. The number of fused-ring (bicyclic) bond motifs is 1. The molecule has 2 aromatic rings. The van der Waals surface area contributed by atoms with Gasteiger partial charge in [-0.25, -0.2) is 0 Å². The molecule has 1 heterocycles. The first-order valence-electron chi connectivity index (χ1n) is 7.12. The van der Waals surface area contributed by atoms with Gasteiger partial charge in [0.2, 0.25) is 0 Å². The van der Waals surface area contributed by atoms with E-state index in [0.717, 1.165) is 27.7 Å². The highest BCUT2D eigenvalue weighted by atomic mass is 79.9. The molecule has 21 heavy (non-hydrogen) atoms. The molecule has 0 saturated heterocycles. The lowest BCUT2D eigenvalue weighted by atomic mass is 9.93. The first kappa shape index (κ1) is 15.1. The lowest BCUT2D eigenvalue weighted by molar-refractivity contribution is 0.152. The molecule has 4 heteroatoms. The molecule has 110 valence electrons. The Kier molecular flexibility index (Phi) is 4.67. The molecule has 0 radical (unpaired) electrons. The van der Waals surface area contributed by atoms with Crippen LogP contribution in [0.1, 0.15) is 36.6 Å². The first-order chi connectivity index (χ1) is 10.2. The molecule has 2 nitrogen and oxygen atoms in total. The van der Waals surface area contributed by atoms with E-state index in [9.17, 15) is 0 Å². The molecule has 1 aliphatic rings. The SMILES string of the molecule is CCNC1CC(c2ccc(Br)cc2)Oc2cc(Br)ccc21. The van der Waals surface area contributed by atoms with Crippen LogP contribution in [0.2, 0.25) is 0 Å². The van der Waals surface area contributed by atoms with E-state index in [-0.39, 0.29) is 6.10 Å². The van der Waals surface area contributed by atoms with Crippen molar-refractivity contribution >= 4 is 31.9 Å². The molecule has 0 amide bonds. The number of halogens is 2. The smallest absolute Gasteiger partial charge is 0.126 e. The van der Waals surface area contributed by atoms with Crippen molar-refractivity contribution in [2.24, 2.45) is 0 Å². The molecule has 0 spiro atoms. The van der Waals surface area contributed by atoms with E-state index in [1.165, 1.54) is 11.1 Å². The topological polar surface area (TPSA) is 21.3 Å². The molecular formula is C17H17Br2NO. The molecule has 2 unspecified atom stereocenters. The van der Waals surface area contributed by atoms with Gasteiger partial charge in [0.25, 0.3) is 0 Å². The maximum atomic E-state index is 6.23. The van der Waals surface area contributed by atoms with Crippen LogP contribution in [-0.2, 0) is 0 Å². The Hall–Kier alpha value is -0.840. The Morgan fingerprint density at radius 2 is 1.81 bits per heavy atom. The summed E-state index contributed by atoms with van der Waals surface area (Å²) in [6.07, 6.45) is 1.04. The maximum Gasteiger partial charge on any atom is 0.126 e. The molecule has 0 aliphatic carbocycles. The Morgan fingerprint density at radius 1 is 1.10 bits per heavy atom. The summed E-state index contributed by atoms with van der Waals surface area (Å²) in [7, 11) is 0. The maximum absolute atomic E-state index is 6.23. The van der Waals surface area contributed by atoms with Crippen molar-refractivity contribution < 1.29 is 4.74 Å². The van der Waals surface area contributed by atoms with Crippen molar-refractivity contribution in [3.8, 4) is 5.75 Å². The van der Waals surface area contributed by atoms with Gasteiger partial charge in [-0.05, 0) is 36.4 Å². The number of rotatable bonds is 3. The minimum absolute atomic E-state index is 0.0870. The van der Waals surface area contributed by atoms with Gasteiger partial charge in [0.05, 0.1) is 0 Å². The zero-order chi connectivity index (χ0) is 14.8. The van der Waals surface area contributed by atoms with E-state index in [0.29, 0.717) is 6.04 Å². The second kappa shape index (κ2) is 6.51. The Bertz CT molecular complexity index is 627. The fraction of sp³-hybridized carbons (Fsp3) is 0.294. The van der Waals surface area contributed by atoms with Crippen LogP contribution >= 0.6 is 31.9 Å². The highest BCUT2D eigenvalue weighted by Crippen LogP contribution is 2.42. The predicted molar refractivity (Wildman–Crippen MR) is 92.7 cm³/mol. The third-order valence-corrected chi connectivity index (χ3v) is 4.78. The van der Waals surface area contributed by atoms with E-state index in [4.69, 9.17) is 4.74 Å².